The summed E-state index contributed by atoms with van der Waals surface area (Å²) in [5.74, 6) is 4.97. The molecule has 8 fully saturated rings. The summed E-state index contributed by atoms with van der Waals surface area (Å²) < 4.78 is 13.9. The maximum Gasteiger partial charge on any atom is 0.297 e. The van der Waals surface area contributed by atoms with Crippen molar-refractivity contribution in [2.75, 3.05) is 19.6 Å². The highest BCUT2D eigenvalue weighted by atomic mass is 16.3. The predicted octanol–water partition coefficient (Wildman–Crippen LogP) is 25.6. The average molecular weight is 1390 g/mol. The molecule has 4 heterocycles. The molecule has 20 rings (SSSR count). The summed E-state index contributed by atoms with van der Waals surface area (Å²) in [7, 11) is 0. The van der Waals surface area contributed by atoms with E-state index in [2.05, 4.69) is 322 Å². The minimum Gasteiger partial charge on any atom is -0.468 e. The molecule has 0 spiro atoms. The number of fused-ring (bicyclic) bond motifs is 7. The number of benzene rings is 8. The molecule has 6 nitrogen and oxygen atoms in total. The van der Waals surface area contributed by atoms with Crippen molar-refractivity contribution in [3.05, 3.63) is 208 Å². The van der Waals surface area contributed by atoms with E-state index in [1.165, 1.54) is 200 Å². The second-order valence-electron chi connectivity index (χ2n) is 41.1. The fraction of sp³-hybridized carbons (Fsp3) is 0.469. The molecule has 0 amide bonds. The largest absolute Gasteiger partial charge is 0.468 e. The number of hydrogen-bond donors (Lipinski definition) is 0. The van der Waals surface area contributed by atoms with E-state index in [0.29, 0.717) is 0 Å². The lowest BCUT2D eigenvalue weighted by molar-refractivity contribution is 0.000489. The van der Waals surface area contributed by atoms with E-state index in [4.69, 9.17) is 8.83 Å². The first-order valence-electron chi connectivity index (χ1n) is 40.5. The van der Waals surface area contributed by atoms with Crippen molar-refractivity contribution >= 4 is 102 Å². The van der Waals surface area contributed by atoms with Gasteiger partial charge in [-0.25, -0.2) is 0 Å². The lowest BCUT2D eigenvalue weighted by Crippen LogP contribution is -2.67. The number of anilines is 10. The first-order valence-corrected chi connectivity index (χ1v) is 40.5. The zero-order valence-corrected chi connectivity index (χ0v) is 67.2. The zero-order chi connectivity index (χ0) is 73.8. The molecule has 8 bridgehead atoms. The quantitative estimate of drug-likeness (QED) is 0.141. The van der Waals surface area contributed by atoms with Gasteiger partial charge in [0.15, 0.2) is 0 Å². The van der Waals surface area contributed by atoms with Gasteiger partial charge in [0.25, 0.3) is 6.71 Å². The minimum absolute atomic E-state index is 0.00801. The smallest absolute Gasteiger partial charge is 0.297 e. The van der Waals surface area contributed by atoms with Crippen LogP contribution in [0.25, 0.3) is 21.9 Å². The molecule has 544 valence electrons. The second-order valence-corrected chi connectivity index (χ2v) is 41.1. The third kappa shape index (κ3) is 12.2. The van der Waals surface area contributed by atoms with Crippen LogP contribution >= 0.6 is 0 Å². The molecule has 7 heteroatoms. The summed E-state index contributed by atoms with van der Waals surface area (Å²) >= 11 is 0. The molecule has 0 N–H and O–H groups in total. The van der Waals surface area contributed by atoms with Crippen molar-refractivity contribution in [2.24, 2.45) is 35.5 Å². The van der Waals surface area contributed by atoms with Crippen LogP contribution in [0.15, 0.2) is 173 Å². The lowest BCUT2D eigenvalue weighted by atomic mass is 9.35. The van der Waals surface area contributed by atoms with Crippen LogP contribution in [0.3, 0.4) is 0 Å². The zero-order valence-electron chi connectivity index (χ0n) is 67.2. The summed E-state index contributed by atoms with van der Waals surface area (Å²) in [5.41, 5.74) is 29.8. The van der Waals surface area contributed by atoms with Crippen molar-refractivity contribution in [1.82, 2.24) is 0 Å². The second kappa shape index (κ2) is 24.3. The van der Waals surface area contributed by atoms with E-state index in [1.807, 2.05) is 0 Å². The molecule has 2 aliphatic heterocycles. The Morgan fingerprint density at radius 2 is 0.810 bits per heavy atom. The monoisotopic (exact) mass is 1390 g/mol. The molecular formula is C98H117BN4O2. The topological polar surface area (TPSA) is 39.2 Å². The van der Waals surface area contributed by atoms with Crippen LogP contribution in [0, 0.1) is 49.4 Å². The summed E-state index contributed by atoms with van der Waals surface area (Å²) in [5, 5.41) is 2.50. The molecule has 8 aliphatic carbocycles. The molecule has 2 aromatic heterocycles. The highest BCUT2D eigenvalue weighted by Crippen LogP contribution is 2.64. The highest BCUT2D eigenvalue weighted by Gasteiger charge is 2.59. The summed E-state index contributed by atoms with van der Waals surface area (Å²) in [6.07, 6.45) is 18.3. The first-order chi connectivity index (χ1) is 49.4. The van der Waals surface area contributed by atoms with Gasteiger partial charge in [0.2, 0.25) is 0 Å². The molecule has 0 radical (unpaired) electrons. The van der Waals surface area contributed by atoms with Gasteiger partial charge in [-0.3, -0.25) is 0 Å². The molecule has 0 atom stereocenters. The third-order valence-corrected chi connectivity index (χ3v) is 26.7. The SMILES string of the molecule is Cc1cc(N(c2ccc(C(C)(C)C)cc2)c2ccc(C(C)(C)C)cc2)cc(N(c2coc3cc(C(C)(C)C)ccc23)C23CC4CC(CC(C4)C2)C3)c1.Cc1cc2c3c(c1)N(C14CC5CC(CC(C5)C1)C4)c1c(oc4cc(C(C)(C)C)ccc14)B3c1cc(C(C)(C)C)ccc1N2c1ccc(C(C)(C)C)cc1. The number of furan rings is 2. The fourth-order valence-corrected chi connectivity index (χ4v) is 22.1. The number of aryl methyl sites for hydroxylation is 2. The molecule has 10 aliphatic rings. The first kappa shape index (κ1) is 70.1. The van der Waals surface area contributed by atoms with Gasteiger partial charge in [-0.15, -0.1) is 0 Å². The van der Waals surface area contributed by atoms with Gasteiger partial charge in [-0.1, -0.05) is 185 Å². The van der Waals surface area contributed by atoms with Crippen LogP contribution in [0.2, 0.25) is 0 Å². The van der Waals surface area contributed by atoms with E-state index >= 15 is 0 Å². The molecule has 0 saturated heterocycles. The van der Waals surface area contributed by atoms with E-state index in [0.717, 1.165) is 52.3 Å². The lowest BCUT2D eigenvalue weighted by Gasteiger charge is -2.62. The summed E-state index contributed by atoms with van der Waals surface area (Å²) in [6.45, 7) is 46.1. The molecule has 105 heavy (non-hydrogen) atoms. The Hall–Kier alpha value is -7.90. The standard InChI is InChI=1S/C49H57BN2O.C49H60N2O/c1-29-19-40-43-41(20-29)52(49-26-30-21-31(27-49)23-32(22-30)28-49)44-37-17-13-35(48(8,9)10)25-42(37)53-45(44)50(43)38-24-34(47(5,6)7)14-18-39(38)51(40)36-15-11-33(12-16-36)46(2,3)4;1-32-21-41(50(39-16-11-36(12-17-39)46(2,3)4)40-18-13-37(14-19-40)47(5,6)7)27-42(22-32)51(49-28-33-23-34(29-49)25-35(24-33)30-49)44-31-52-45-26-38(48(8,9)10)15-20-43(44)45/h11-20,24-25,30-32H,21-23,26-28H2,1-10H3;11-22,26-27,31,33-35H,23-25,28-30H2,1-10H3. The summed E-state index contributed by atoms with van der Waals surface area (Å²) in [6, 6.07) is 61.6. The van der Waals surface area contributed by atoms with Crippen LogP contribution in [-0.4, -0.2) is 17.8 Å². The Labute approximate surface area is 629 Å². The van der Waals surface area contributed by atoms with Gasteiger partial charge in [0.1, 0.15) is 17.4 Å². The van der Waals surface area contributed by atoms with Crippen LogP contribution in [0.4, 0.5) is 56.9 Å². The Bertz CT molecular complexity index is 4890. The third-order valence-electron chi connectivity index (χ3n) is 26.7. The Morgan fingerprint density at radius 1 is 0.390 bits per heavy atom. The molecule has 8 saturated carbocycles. The van der Waals surface area contributed by atoms with Crippen molar-refractivity contribution < 1.29 is 8.83 Å². The Kier molecular flexibility index (Phi) is 16.2. The van der Waals surface area contributed by atoms with Gasteiger partial charge in [0.05, 0.1) is 17.0 Å². The average Bonchev–Trinajstić information content (AvgIpc) is 1.67. The molecule has 8 aromatic carbocycles. The van der Waals surface area contributed by atoms with Crippen molar-refractivity contribution in [3.8, 4) is 0 Å². The fourth-order valence-electron chi connectivity index (χ4n) is 22.1. The van der Waals surface area contributed by atoms with E-state index in [1.54, 1.807) is 0 Å². The van der Waals surface area contributed by atoms with E-state index in [-0.39, 0.29) is 50.3 Å². The number of rotatable bonds is 8. The Balaban J connectivity index is 0.000000155. The predicted molar refractivity (Wildman–Crippen MR) is 447 cm³/mol. The normalized spacial score (nSPS) is 23.8. The van der Waals surface area contributed by atoms with Gasteiger partial charge >= 0.3 is 0 Å². The summed E-state index contributed by atoms with van der Waals surface area (Å²) in [4.78, 5) is 10.7. The highest BCUT2D eigenvalue weighted by molar-refractivity contribution is 7.00. The van der Waals surface area contributed by atoms with Crippen molar-refractivity contribution in [2.45, 2.75) is 259 Å². The molecular weight excluding hydrogens is 1280 g/mol. The van der Waals surface area contributed by atoms with Gasteiger partial charge in [-0.2, -0.15) is 0 Å². The van der Waals surface area contributed by atoms with E-state index < -0.39 is 0 Å². The number of hydrogen-bond acceptors (Lipinski definition) is 6. The minimum atomic E-state index is 0.00801. The van der Waals surface area contributed by atoms with Crippen molar-refractivity contribution in [1.29, 1.82) is 0 Å². The van der Waals surface area contributed by atoms with E-state index in [9.17, 15) is 0 Å². The number of nitrogens with zero attached hydrogens (tertiary/aromatic N) is 4. The van der Waals surface area contributed by atoms with Crippen molar-refractivity contribution in [3.63, 3.8) is 0 Å². The molecule has 0 unspecified atom stereocenters. The maximum atomic E-state index is 7.42. The van der Waals surface area contributed by atoms with Crippen LogP contribution in [-0.2, 0) is 32.5 Å². The Morgan fingerprint density at radius 3 is 1.31 bits per heavy atom. The van der Waals surface area contributed by atoms with Crippen LogP contribution in [0.1, 0.15) is 246 Å². The maximum absolute atomic E-state index is 7.42. The van der Waals surface area contributed by atoms with Gasteiger partial charge < -0.3 is 28.4 Å². The van der Waals surface area contributed by atoms with Crippen LogP contribution < -0.4 is 36.2 Å². The molecule has 10 aromatic rings. The van der Waals surface area contributed by atoms with Gasteiger partial charge in [0, 0.05) is 67.3 Å². The van der Waals surface area contributed by atoms with Gasteiger partial charge in [-0.05, 0) is 311 Å². The van der Waals surface area contributed by atoms with Crippen LogP contribution in [0.5, 0.6) is 0 Å².